The molecule has 9 nitrogen and oxygen atoms in total. The van der Waals surface area contributed by atoms with E-state index < -0.39 is 54.5 Å². The van der Waals surface area contributed by atoms with Gasteiger partial charge in [-0.05, 0) is 77.0 Å². The predicted molar refractivity (Wildman–Crippen MR) is 195 cm³/mol. The van der Waals surface area contributed by atoms with Crippen LogP contribution in [0.5, 0.6) is 5.75 Å². The number of benzene rings is 2. The fourth-order valence-corrected chi connectivity index (χ4v) is 7.77. The number of nitriles is 1. The van der Waals surface area contributed by atoms with Crippen molar-refractivity contribution in [1.29, 1.82) is 5.26 Å². The van der Waals surface area contributed by atoms with Crippen LogP contribution in [-0.2, 0) is 21.4 Å². The summed E-state index contributed by atoms with van der Waals surface area (Å²) in [5, 5.41) is 13.2. The molecule has 0 aliphatic heterocycles. The van der Waals surface area contributed by atoms with Gasteiger partial charge in [-0.1, -0.05) is 42.8 Å². The van der Waals surface area contributed by atoms with Crippen LogP contribution in [0.3, 0.4) is 0 Å². The van der Waals surface area contributed by atoms with Crippen molar-refractivity contribution in [3.05, 3.63) is 64.4 Å². The SMILES string of the molecule is CC(C)(O[Si](C)(C)C(C)(C)C)c1ncc(-c2cc(N[C@H](C[C@H](C#N)N[S@+]([O-])C(C)(C)C)c3c(Br)cccc3OC(F)F)c(N)cc2F)cn1. The van der Waals surface area contributed by atoms with Crippen LogP contribution in [0.15, 0.2) is 47.2 Å². The van der Waals surface area contributed by atoms with E-state index in [-0.39, 0.29) is 39.7 Å². The summed E-state index contributed by atoms with van der Waals surface area (Å²) >= 11 is 1.81. The molecule has 0 radical (unpaired) electrons. The molecular weight excluding hydrogens is 737 g/mol. The third kappa shape index (κ3) is 10.3. The zero-order chi connectivity index (χ0) is 37.1. The number of ether oxygens (including phenoxy) is 1. The smallest absolute Gasteiger partial charge is 0.387 e. The molecule has 3 rings (SSSR count). The molecule has 3 aromatic rings. The number of hydrogen-bond donors (Lipinski definition) is 3. The number of aromatic nitrogens is 2. The van der Waals surface area contributed by atoms with Crippen molar-refractivity contribution in [3.8, 4) is 22.9 Å². The van der Waals surface area contributed by atoms with Crippen LogP contribution in [0.25, 0.3) is 11.1 Å². The molecule has 2 aromatic carbocycles. The van der Waals surface area contributed by atoms with E-state index in [0.29, 0.717) is 15.9 Å². The Balaban J connectivity index is 2.06. The third-order valence-corrected chi connectivity index (χ3v) is 15.2. The number of rotatable bonds is 13. The van der Waals surface area contributed by atoms with Crippen molar-refractivity contribution in [2.75, 3.05) is 11.1 Å². The van der Waals surface area contributed by atoms with E-state index in [2.05, 4.69) is 75.9 Å². The first-order valence-corrected chi connectivity index (χ1v) is 20.5. The van der Waals surface area contributed by atoms with E-state index in [0.717, 1.165) is 6.07 Å². The molecule has 0 bridgehead atoms. The van der Waals surface area contributed by atoms with Crippen molar-refractivity contribution >= 4 is 47.0 Å². The largest absolute Gasteiger partial charge is 0.598 e. The maximum atomic E-state index is 15.5. The average molecular weight is 784 g/mol. The fourth-order valence-electron chi connectivity index (χ4n) is 4.71. The zero-order valence-electron chi connectivity index (χ0n) is 29.5. The minimum Gasteiger partial charge on any atom is -0.598 e. The standard InChI is InChI=1S/C34H46BrF3N6O3SSi/c1-32(2,3)48(45)44-21(17-39)14-27(29-23(35)12-11-13-28(29)46-31(37)38)43-26-15-22(24(36)16-25(26)40)20-18-41-30(42-19-20)34(7,8)47-49(9,10)33(4,5)6/h11-13,15-16,18-19,21,27,31,43-44H,14,40H2,1-10H3/t21-,27-,48-/m1/s1. The molecule has 1 aromatic heterocycles. The molecule has 1 heterocycles. The number of nitrogens with zero attached hydrogens (tertiary/aromatic N) is 3. The lowest BCUT2D eigenvalue weighted by Crippen LogP contribution is -2.46. The predicted octanol–water partition coefficient (Wildman–Crippen LogP) is 8.97. The van der Waals surface area contributed by atoms with Crippen LogP contribution in [0.4, 0.5) is 24.5 Å². The quantitative estimate of drug-likeness (QED) is 0.0880. The van der Waals surface area contributed by atoms with Gasteiger partial charge in [0.2, 0.25) is 0 Å². The second kappa shape index (κ2) is 15.6. The van der Waals surface area contributed by atoms with Crippen LogP contribution >= 0.6 is 15.9 Å². The summed E-state index contributed by atoms with van der Waals surface area (Å²) in [6, 6.07) is 7.35. The molecule has 0 aliphatic rings. The van der Waals surface area contributed by atoms with Crippen molar-refractivity contribution in [2.24, 2.45) is 0 Å². The van der Waals surface area contributed by atoms with Gasteiger partial charge in [-0.15, -0.1) is 4.72 Å². The van der Waals surface area contributed by atoms with E-state index in [1.54, 1.807) is 26.8 Å². The molecule has 4 N–H and O–H groups in total. The van der Waals surface area contributed by atoms with Gasteiger partial charge >= 0.3 is 6.61 Å². The van der Waals surface area contributed by atoms with Gasteiger partial charge in [0.05, 0.1) is 23.5 Å². The number of nitrogens with two attached hydrogens (primary N) is 1. The maximum Gasteiger partial charge on any atom is 0.387 e. The van der Waals surface area contributed by atoms with Gasteiger partial charge < -0.3 is 24.8 Å². The molecule has 49 heavy (non-hydrogen) atoms. The van der Waals surface area contributed by atoms with Crippen molar-refractivity contribution in [2.45, 2.75) is 109 Å². The van der Waals surface area contributed by atoms with Crippen LogP contribution in [0, 0.1) is 17.1 Å². The van der Waals surface area contributed by atoms with Crippen LogP contribution in [-0.4, -0.2) is 40.2 Å². The van der Waals surface area contributed by atoms with Crippen LogP contribution in [0.2, 0.25) is 18.1 Å². The highest BCUT2D eigenvalue weighted by molar-refractivity contribution is 9.10. The maximum absolute atomic E-state index is 15.5. The summed E-state index contributed by atoms with van der Waals surface area (Å²) in [6.07, 6.45) is 2.96. The number of alkyl halides is 2. The van der Waals surface area contributed by atoms with E-state index in [1.807, 2.05) is 13.8 Å². The highest BCUT2D eigenvalue weighted by Gasteiger charge is 2.43. The Labute approximate surface area is 300 Å². The minimum absolute atomic E-state index is 0.0239. The number of nitrogens with one attached hydrogen (secondary N) is 2. The number of halogens is 4. The summed E-state index contributed by atoms with van der Waals surface area (Å²) in [4.78, 5) is 9.09. The van der Waals surface area contributed by atoms with Crippen LogP contribution < -0.4 is 20.5 Å². The van der Waals surface area contributed by atoms with Gasteiger partial charge in [-0.2, -0.15) is 14.0 Å². The number of hydrogen-bond acceptors (Lipinski definition) is 9. The molecule has 0 saturated heterocycles. The van der Waals surface area contributed by atoms with Gasteiger partial charge in [0.1, 0.15) is 28.0 Å². The Kier molecular flexibility index (Phi) is 12.9. The lowest BCUT2D eigenvalue weighted by atomic mass is 9.97. The second-order valence-corrected chi connectivity index (χ2v) is 22.3. The molecule has 268 valence electrons. The first kappa shape index (κ1) is 40.6. The highest BCUT2D eigenvalue weighted by atomic mass is 79.9. The molecule has 0 unspecified atom stereocenters. The first-order valence-electron chi connectivity index (χ1n) is 15.7. The van der Waals surface area contributed by atoms with Crippen molar-refractivity contribution < 1.29 is 26.9 Å². The molecule has 3 atom stereocenters. The van der Waals surface area contributed by atoms with E-state index in [9.17, 15) is 18.6 Å². The van der Waals surface area contributed by atoms with Crippen LogP contribution in [0.1, 0.15) is 79.2 Å². The lowest BCUT2D eigenvalue weighted by Gasteiger charge is -2.42. The van der Waals surface area contributed by atoms with E-state index in [4.69, 9.17) is 14.9 Å². The van der Waals surface area contributed by atoms with E-state index >= 15 is 4.39 Å². The molecule has 0 aliphatic carbocycles. The Morgan fingerprint density at radius 2 is 1.69 bits per heavy atom. The Morgan fingerprint density at radius 3 is 2.22 bits per heavy atom. The second-order valence-electron chi connectivity index (χ2n) is 14.7. The van der Waals surface area contributed by atoms with Gasteiger partial charge in [0, 0.05) is 51.3 Å². The molecule has 0 spiro atoms. The minimum atomic E-state index is -3.13. The Morgan fingerprint density at radius 1 is 1.08 bits per heavy atom. The van der Waals surface area contributed by atoms with Gasteiger partial charge in [0.15, 0.2) is 14.1 Å². The Hall–Kier alpha value is -2.87. The molecule has 0 saturated carbocycles. The van der Waals surface area contributed by atoms with Gasteiger partial charge in [-0.3, -0.25) is 0 Å². The normalized spacial score (nSPS) is 14.7. The highest BCUT2D eigenvalue weighted by Crippen LogP contribution is 2.42. The molecule has 15 heteroatoms. The van der Waals surface area contributed by atoms with E-state index in [1.165, 1.54) is 30.6 Å². The summed E-state index contributed by atoms with van der Waals surface area (Å²) in [5.41, 5.74) is 6.51. The lowest BCUT2D eigenvalue weighted by molar-refractivity contribution is -0.0506. The van der Waals surface area contributed by atoms with Crippen molar-refractivity contribution in [1.82, 2.24) is 14.7 Å². The Bertz CT molecular complexity index is 1650. The zero-order valence-corrected chi connectivity index (χ0v) is 32.9. The monoisotopic (exact) mass is 782 g/mol. The molecule has 0 fully saturated rings. The molecule has 0 amide bonds. The molecular formula is C34H46BrF3N6O3SSi. The van der Waals surface area contributed by atoms with Gasteiger partial charge in [-0.25, -0.2) is 14.4 Å². The fraction of sp³-hybridized carbons (Fsp3) is 0.500. The average Bonchev–Trinajstić information content (AvgIpc) is 2.96. The van der Waals surface area contributed by atoms with Gasteiger partial charge in [0.25, 0.3) is 0 Å². The topological polar surface area (TPSA) is 141 Å². The summed E-state index contributed by atoms with van der Waals surface area (Å²) < 4.78 is 69.4. The number of nitrogen functional groups attached to an aromatic ring is 1. The van der Waals surface area contributed by atoms with Crippen molar-refractivity contribution in [3.63, 3.8) is 0 Å². The number of anilines is 2. The first-order chi connectivity index (χ1) is 22.5. The summed E-state index contributed by atoms with van der Waals surface area (Å²) in [5.74, 6) is -0.339. The third-order valence-electron chi connectivity index (χ3n) is 8.30. The summed E-state index contributed by atoms with van der Waals surface area (Å²) in [7, 11) is -2.18. The summed E-state index contributed by atoms with van der Waals surface area (Å²) in [6.45, 7) is 16.7.